The molecule has 1 aliphatic carbocycles. The first-order valence-corrected chi connectivity index (χ1v) is 16.0. The Morgan fingerprint density at radius 2 is 1.21 bits per heavy atom. The third-order valence-corrected chi connectivity index (χ3v) is 6.06. The van der Waals surface area contributed by atoms with E-state index in [0.29, 0.717) is 23.8 Å². The molecule has 0 spiro atoms. The van der Waals surface area contributed by atoms with Crippen LogP contribution in [0.2, 0.25) is 0 Å². The zero-order valence-electron chi connectivity index (χ0n) is 28.6. The van der Waals surface area contributed by atoms with Gasteiger partial charge in [0.25, 0.3) is 0 Å². The number of benzene rings is 1. The van der Waals surface area contributed by atoms with Gasteiger partial charge >= 0.3 is 0 Å². The zero-order valence-corrected chi connectivity index (χ0v) is 28.6. The molecule has 0 aliphatic heterocycles. The highest BCUT2D eigenvalue weighted by Crippen LogP contribution is 2.37. The van der Waals surface area contributed by atoms with Crippen molar-refractivity contribution in [1.29, 1.82) is 0 Å². The lowest BCUT2D eigenvalue weighted by Crippen LogP contribution is -2.04. The Balaban J connectivity index is -0.000000489. The summed E-state index contributed by atoms with van der Waals surface area (Å²) in [7, 11) is 6.41. The number of rotatable bonds is 17. The number of hydrogen-bond donors (Lipinski definition) is 5. The van der Waals surface area contributed by atoms with Crippen molar-refractivity contribution in [3.05, 3.63) is 29.3 Å². The standard InChI is InChI=1S/C10H15NO3.C8H15N.C7H17NO.C4H11NO.C4H11N/c1-12-8-4-7(6-11)5-9(13-2)10(8)14-3;9-7-6-8-4-2-1-3-5-8;1-2-3-6-9-7-4-5-8;1-6-4-2-3-5;1-2-3-4-5/h4-5H,6,11H2,1-3H3;4H,1-3,5-7,9H2;2-8H2,1H3;2-5H2,1H3;2-5H2,1H3. The van der Waals surface area contributed by atoms with Gasteiger partial charge < -0.3 is 52.4 Å². The fourth-order valence-corrected chi connectivity index (χ4v) is 3.54. The highest BCUT2D eigenvalue weighted by Gasteiger charge is 2.12. The van der Waals surface area contributed by atoms with Crippen LogP contribution in [0.25, 0.3) is 0 Å². The molecule has 0 saturated heterocycles. The van der Waals surface area contributed by atoms with Crippen molar-refractivity contribution in [2.45, 2.75) is 91.0 Å². The summed E-state index contributed by atoms with van der Waals surface area (Å²) in [6, 6.07) is 3.67. The molecule has 43 heavy (non-hydrogen) atoms. The Morgan fingerprint density at radius 1 is 0.651 bits per heavy atom. The van der Waals surface area contributed by atoms with Crippen molar-refractivity contribution in [3.8, 4) is 17.2 Å². The SMILES string of the molecule is CCCCN.CCCCOCCCN.COCCCN.COc1cc(CN)cc(OC)c1OC.NCCC1=CCCCC1. The molecular formula is C33H69N5O5. The molecular weight excluding hydrogens is 546 g/mol. The van der Waals surface area contributed by atoms with Gasteiger partial charge in [0.15, 0.2) is 11.5 Å². The van der Waals surface area contributed by atoms with E-state index >= 15 is 0 Å². The Labute approximate surface area is 264 Å². The van der Waals surface area contributed by atoms with Gasteiger partial charge in [0, 0.05) is 33.5 Å². The normalized spacial score (nSPS) is 11.6. The van der Waals surface area contributed by atoms with Gasteiger partial charge in [-0.3, -0.25) is 0 Å². The van der Waals surface area contributed by atoms with Crippen molar-refractivity contribution < 1.29 is 23.7 Å². The summed E-state index contributed by atoms with van der Waals surface area (Å²) in [6.07, 6.45) is 15.6. The molecule has 1 aromatic rings. The second-order valence-corrected chi connectivity index (χ2v) is 9.77. The summed E-state index contributed by atoms with van der Waals surface area (Å²) in [5, 5.41) is 0. The van der Waals surface area contributed by atoms with Gasteiger partial charge in [-0.25, -0.2) is 0 Å². The fourth-order valence-electron chi connectivity index (χ4n) is 3.54. The third kappa shape index (κ3) is 29.9. The second-order valence-electron chi connectivity index (χ2n) is 9.77. The van der Waals surface area contributed by atoms with Crippen LogP contribution in [0, 0.1) is 0 Å². The molecule has 0 heterocycles. The highest BCUT2D eigenvalue weighted by atomic mass is 16.5. The lowest BCUT2D eigenvalue weighted by atomic mass is 9.97. The largest absolute Gasteiger partial charge is 0.493 e. The van der Waals surface area contributed by atoms with E-state index in [1.165, 1.54) is 51.4 Å². The molecule has 10 nitrogen and oxygen atoms in total. The maximum atomic E-state index is 5.54. The lowest BCUT2D eigenvalue weighted by molar-refractivity contribution is 0.130. The number of hydrogen-bond acceptors (Lipinski definition) is 10. The van der Waals surface area contributed by atoms with Crippen molar-refractivity contribution in [1.82, 2.24) is 0 Å². The fraction of sp³-hybridized carbons (Fsp3) is 0.758. The minimum atomic E-state index is 0.441. The molecule has 1 aromatic carbocycles. The van der Waals surface area contributed by atoms with Crippen LogP contribution in [0.5, 0.6) is 17.2 Å². The lowest BCUT2D eigenvalue weighted by Gasteiger charge is -2.13. The number of methoxy groups -OCH3 is 4. The van der Waals surface area contributed by atoms with E-state index in [0.717, 1.165) is 70.8 Å². The summed E-state index contributed by atoms with van der Waals surface area (Å²) >= 11 is 0. The monoisotopic (exact) mass is 616 g/mol. The van der Waals surface area contributed by atoms with E-state index in [1.54, 1.807) is 34.0 Å². The van der Waals surface area contributed by atoms with Gasteiger partial charge in [-0.05, 0) is 102 Å². The summed E-state index contributed by atoms with van der Waals surface area (Å²) in [4.78, 5) is 0. The molecule has 2 rings (SSSR count). The summed E-state index contributed by atoms with van der Waals surface area (Å²) in [6.45, 7) is 10.4. The summed E-state index contributed by atoms with van der Waals surface area (Å²) in [5.41, 5.74) is 29.0. The van der Waals surface area contributed by atoms with Gasteiger partial charge in [-0.1, -0.05) is 38.3 Å². The molecule has 1 aliphatic rings. The quantitative estimate of drug-likeness (QED) is 0.120. The van der Waals surface area contributed by atoms with Crippen molar-refractivity contribution in [2.24, 2.45) is 28.7 Å². The van der Waals surface area contributed by atoms with Crippen LogP contribution < -0.4 is 42.9 Å². The Hall–Kier alpha value is -1.92. The minimum absolute atomic E-state index is 0.441. The van der Waals surface area contributed by atoms with Crippen molar-refractivity contribution >= 4 is 0 Å². The summed E-state index contributed by atoms with van der Waals surface area (Å²) < 4.78 is 25.4. The van der Waals surface area contributed by atoms with Crippen molar-refractivity contribution in [2.75, 3.05) is 74.4 Å². The average Bonchev–Trinajstić information content (AvgIpc) is 3.05. The molecule has 10 heteroatoms. The predicted molar refractivity (Wildman–Crippen MR) is 183 cm³/mol. The Kier molecular flexibility index (Phi) is 40.3. The number of nitrogens with two attached hydrogens (primary N) is 5. The predicted octanol–water partition coefficient (Wildman–Crippen LogP) is 4.89. The van der Waals surface area contributed by atoms with Crippen LogP contribution in [0.15, 0.2) is 23.8 Å². The van der Waals surface area contributed by atoms with Gasteiger partial charge in [-0.15, -0.1) is 0 Å². The molecule has 10 N–H and O–H groups in total. The van der Waals surface area contributed by atoms with E-state index in [9.17, 15) is 0 Å². The average molecular weight is 616 g/mol. The van der Waals surface area contributed by atoms with Gasteiger partial charge in [0.1, 0.15) is 0 Å². The van der Waals surface area contributed by atoms with Crippen LogP contribution in [0.4, 0.5) is 0 Å². The molecule has 0 bridgehead atoms. The van der Waals surface area contributed by atoms with E-state index in [1.807, 2.05) is 12.1 Å². The molecule has 0 saturated carbocycles. The van der Waals surface area contributed by atoms with Gasteiger partial charge in [-0.2, -0.15) is 0 Å². The minimum Gasteiger partial charge on any atom is -0.493 e. The molecule has 256 valence electrons. The summed E-state index contributed by atoms with van der Waals surface area (Å²) in [5.74, 6) is 1.85. The zero-order chi connectivity index (χ0) is 33.0. The van der Waals surface area contributed by atoms with Crippen LogP contribution >= 0.6 is 0 Å². The van der Waals surface area contributed by atoms with Crippen LogP contribution in [0.1, 0.15) is 90.0 Å². The van der Waals surface area contributed by atoms with Gasteiger partial charge in [0.05, 0.1) is 21.3 Å². The van der Waals surface area contributed by atoms with Crippen LogP contribution in [-0.2, 0) is 16.0 Å². The maximum Gasteiger partial charge on any atom is 0.203 e. The first-order valence-electron chi connectivity index (χ1n) is 16.0. The van der Waals surface area contributed by atoms with Crippen molar-refractivity contribution in [3.63, 3.8) is 0 Å². The number of allylic oxidation sites excluding steroid dienone is 1. The van der Waals surface area contributed by atoms with Crippen LogP contribution in [0.3, 0.4) is 0 Å². The molecule has 0 unspecified atom stereocenters. The van der Waals surface area contributed by atoms with Gasteiger partial charge in [0.2, 0.25) is 5.75 Å². The first-order chi connectivity index (χ1) is 20.9. The Bertz CT molecular complexity index is 686. The van der Waals surface area contributed by atoms with E-state index in [4.69, 9.17) is 52.4 Å². The maximum absolute atomic E-state index is 5.54. The molecule has 0 fully saturated rings. The number of unbranched alkanes of at least 4 members (excludes halogenated alkanes) is 2. The highest BCUT2D eigenvalue weighted by molar-refractivity contribution is 5.53. The molecule has 0 aromatic heterocycles. The second kappa shape index (κ2) is 38.1. The smallest absolute Gasteiger partial charge is 0.203 e. The number of ether oxygens (including phenoxy) is 5. The van der Waals surface area contributed by atoms with Crippen LogP contribution in [-0.4, -0.2) is 74.4 Å². The third-order valence-electron chi connectivity index (χ3n) is 6.06. The molecule has 0 amide bonds. The topological polar surface area (TPSA) is 176 Å². The van der Waals surface area contributed by atoms with E-state index < -0.39 is 0 Å². The Morgan fingerprint density at radius 3 is 1.56 bits per heavy atom. The van der Waals surface area contributed by atoms with E-state index in [2.05, 4.69) is 19.9 Å². The molecule has 0 radical (unpaired) electrons. The molecule has 0 atom stereocenters. The van der Waals surface area contributed by atoms with E-state index in [-0.39, 0.29) is 0 Å². The first kappa shape index (κ1) is 45.5.